The lowest BCUT2D eigenvalue weighted by molar-refractivity contribution is -0.111. The normalized spacial score (nSPS) is 43.0. The van der Waals surface area contributed by atoms with Gasteiger partial charge in [-0.15, -0.1) is 0 Å². The van der Waals surface area contributed by atoms with Crippen molar-refractivity contribution in [2.24, 2.45) is 29.1 Å². The quantitative estimate of drug-likeness (QED) is 0.428. The number of likely N-dealkylation sites (tertiary alicyclic amines) is 1. The van der Waals surface area contributed by atoms with Crippen molar-refractivity contribution >= 4 is 0 Å². The molecule has 7 aliphatic rings. The van der Waals surface area contributed by atoms with Gasteiger partial charge in [0, 0.05) is 29.6 Å². The van der Waals surface area contributed by atoms with Crippen LogP contribution in [-0.2, 0) is 11.8 Å². The summed E-state index contributed by atoms with van der Waals surface area (Å²) < 4.78 is 0. The number of likely N-dealkylation sites (N-methyl/N-ethyl adjacent to an activating group) is 1. The first-order valence-electron chi connectivity index (χ1n) is 16.8. The highest BCUT2D eigenvalue weighted by Gasteiger charge is 2.54. The van der Waals surface area contributed by atoms with Crippen molar-refractivity contribution in [2.45, 2.75) is 127 Å². The summed E-state index contributed by atoms with van der Waals surface area (Å²) in [6.07, 6.45) is 16.5. The van der Waals surface area contributed by atoms with Crippen LogP contribution in [-0.4, -0.2) is 65.8 Å². The van der Waals surface area contributed by atoms with Crippen molar-refractivity contribution in [1.82, 2.24) is 15.1 Å². The number of hydrogen-bond donors (Lipinski definition) is 2. The Hall–Kier alpha value is -1.10. The monoisotopic (exact) mass is 533 g/mol. The van der Waals surface area contributed by atoms with E-state index in [4.69, 9.17) is 0 Å². The predicted octanol–water partition coefficient (Wildman–Crippen LogP) is 6.35. The summed E-state index contributed by atoms with van der Waals surface area (Å²) >= 11 is 0. The zero-order chi connectivity index (χ0) is 26.9. The van der Waals surface area contributed by atoms with Gasteiger partial charge in [0.15, 0.2) is 0 Å². The van der Waals surface area contributed by atoms with Crippen LogP contribution in [0.15, 0.2) is 18.2 Å². The van der Waals surface area contributed by atoms with Crippen molar-refractivity contribution in [2.75, 3.05) is 26.7 Å². The lowest BCUT2D eigenvalue weighted by atomic mass is 9.45. The maximum absolute atomic E-state index is 10.4. The second-order valence-electron chi connectivity index (χ2n) is 15.6. The number of piperidine rings is 3. The maximum atomic E-state index is 10.4. The zero-order valence-corrected chi connectivity index (χ0v) is 25.3. The van der Waals surface area contributed by atoms with Crippen LogP contribution in [0.4, 0.5) is 0 Å². The molecule has 6 fully saturated rings. The van der Waals surface area contributed by atoms with E-state index in [1.165, 1.54) is 94.8 Å². The van der Waals surface area contributed by atoms with E-state index in [0.29, 0.717) is 29.2 Å². The van der Waals surface area contributed by atoms with Crippen molar-refractivity contribution in [3.05, 3.63) is 29.3 Å². The van der Waals surface area contributed by atoms with Gasteiger partial charge in [-0.3, -0.25) is 4.90 Å². The molecule has 0 amide bonds. The molecule has 0 spiro atoms. The Kier molecular flexibility index (Phi) is 6.88. The first-order chi connectivity index (χ1) is 18.8. The van der Waals surface area contributed by atoms with Crippen LogP contribution in [0.1, 0.15) is 103 Å². The van der Waals surface area contributed by atoms with Crippen molar-refractivity contribution in [3.8, 4) is 5.75 Å². The molecule has 4 aliphatic carbocycles. The molecule has 0 unspecified atom stereocenters. The fourth-order valence-corrected chi connectivity index (χ4v) is 11.3. The molecule has 4 heteroatoms. The van der Waals surface area contributed by atoms with Gasteiger partial charge in [-0.25, -0.2) is 0 Å². The molecule has 9 atom stereocenters. The van der Waals surface area contributed by atoms with E-state index in [2.05, 4.69) is 55.1 Å². The van der Waals surface area contributed by atoms with Gasteiger partial charge < -0.3 is 15.3 Å². The lowest BCUT2D eigenvalue weighted by Gasteiger charge is -2.60. The van der Waals surface area contributed by atoms with E-state index < -0.39 is 0 Å². The third kappa shape index (κ3) is 4.41. The van der Waals surface area contributed by atoms with Gasteiger partial charge in [-0.05, 0) is 150 Å². The Bertz CT molecular complexity index is 1040. The highest BCUT2D eigenvalue weighted by atomic mass is 16.3. The highest BCUT2D eigenvalue weighted by Crippen LogP contribution is 2.62. The minimum Gasteiger partial charge on any atom is -0.508 e. The molecule has 8 rings (SSSR count). The molecule has 0 radical (unpaired) electrons. The number of nitrogens with one attached hydrogen (secondary N) is 1. The number of rotatable bonds is 7. The summed E-state index contributed by atoms with van der Waals surface area (Å²) in [5.41, 5.74) is 3.75. The molecule has 3 saturated heterocycles. The molecule has 2 N–H and O–H groups in total. The third-order valence-electron chi connectivity index (χ3n) is 13.9. The van der Waals surface area contributed by atoms with Gasteiger partial charge >= 0.3 is 0 Å². The first-order valence-corrected chi connectivity index (χ1v) is 16.8. The van der Waals surface area contributed by atoms with Gasteiger partial charge in [-0.1, -0.05) is 33.3 Å². The standard InChI is InChI=1S/C35H55N3O/c1-23-33-18-25-9-11-30(39)22-32(25)35(23,14-17-37(33)4)13-15-36-27-20-28-6-5-7-29(21-27)38(28)16-12-24-8-10-26-19-31(24)34(26,2)3/h9,11,22-24,26-29,31,33,36,39H,5-8,10,12-21H2,1-4H3/t23-,24-,26-,27-,28+,29-,31-,33+,35+/m0/s1. The number of aromatic hydroxyl groups is 1. The maximum Gasteiger partial charge on any atom is 0.115 e. The predicted molar refractivity (Wildman–Crippen MR) is 160 cm³/mol. The van der Waals surface area contributed by atoms with E-state index >= 15 is 0 Å². The molecule has 3 aliphatic heterocycles. The summed E-state index contributed by atoms with van der Waals surface area (Å²) in [7, 11) is 2.32. The van der Waals surface area contributed by atoms with E-state index in [9.17, 15) is 5.11 Å². The molecule has 1 aromatic carbocycles. The number of fused-ring (bicyclic) bond motifs is 8. The second kappa shape index (κ2) is 10.0. The Morgan fingerprint density at radius 3 is 2.59 bits per heavy atom. The van der Waals surface area contributed by atoms with E-state index in [1.807, 2.05) is 6.07 Å². The summed E-state index contributed by atoms with van der Waals surface area (Å²) in [5.74, 6) is 4.08. The van der Waals surface area contributed by atoms with Crippen LogP contribution in [0.2, 0.25) is 0 Å². The van der Waals surface area contributed by atoms with Crippen molar-refractivity contribution < 1.29 is 5.11 Å². The molecule has 39 heavy (non-hydrogen) atoms. The van der Waals surface area contributed by atoms with E-state index in [1.54, 1.807) is 0 Å². The van der Waals surface area contributed by atoms with E-state index in [-0.39, 0.29) is 5.41 Å². The molecular weight excluding hydrogens is 478 g/mol. The molecule has 3 saturated carbocycles. The number of phenols is 1. The van der Waals surface area contributed by atoms with Crippen LogP contribution < -0.4 is 5.32 Å². The Morgan fingerprint density at radius 1 is 1.05 bits per heavy atom. The molecule has 4 nitrogen and oxygen atoms in total. The fraction of sp³-hybridized carbons (Fsp3) is 0.829. The summed E-state index contributed by atoms with van der Waals surface area (Å²) in [4.78, 5) is 5.59. The van der Waals surface area contributed by atoms with E-state index in [0.717, 1.165) is 42.8 Å². The number of benzene rings is 1. The average Bonchev–Trinajstić information content (AvgIpc) is 2.91. The van der Waals surface area contributed by atoms with Crippen LogP contribution in [0.3, 0.4) is 0 Å². The minimum absolute atomic E-state index is 0.196. The van der Waals surface area contributed by atoms with Gasteiger partial charge in [-0.2, -0.15) is 0 Å². The zero-order valence-electron chi connectivity index (χ0n) is 25.3. The van der Waals surface area contributed by atoms with Crippen LogP contribution in [0.5, 0.6) is 5.75 Å². The molecule has 6 bridgehead atoms. The van der Waals surface area contributed by atoms with Crippen LogP contribution in [0, 0.1) is 29.1 Å². The summed E-state index contributed by atoms with van der Waals surface area (Å²) in [6, 6.07) is 9.14. The van der Waals surface area contributed by atoms with Gasteiger partial charge in [0.05, 0.1) is 0 Å². The summed E-state index contributed by atoms with van der Waals surface area (Å²) in [5, 5.41) is 14.5. The Balaban J connectivity index is 0.979. The lowest BCUT2D eigenvalue weighted by Crippen LogP contribution is -2.59. The van der Waals surface area contributed by atoms with Gasteiger partial charge in [0.2, 0.25) is 0 Å². The topological polar surface area (TPSA) is 38.7 Å². The Labute approximate surface area is 238 Å². The summed E-state index contributed by atoms with van der Waals surface area (Å²) in [6.45, 7) is 11.3. The molecule has 1 aromatic rings. The van der Waals surface area contributed by atoms with Crippen LogP contribution >= 0.6 is 0 Å². The largest absolute Gasteiger partial charge is 0.508 e. The van der Waals surface area contributed by atoms with Gasteiger partial charge in [0.25, 0.3) is 0 Å². The number of phenolic OH excluding ortho intramolecular Hbond substituents is 1. The second-order valence-corrected chi connectivity index (χ2v) is 15.6. The molecule has 0 aromatic heterocycles. The minimum atomic E-state index is 0.196. The van der Waals surface area contributed by atoms with Gasteiger partial charge in [0.1, 0.15) is 5.75 Å². The van der Waals surface area contributed by atoms with Crippen LogP contribution in [0.25, 0.3) is 0 Å². The first kappa shape index (κ1) is 26.8. The average molecular weight is 534 g/mol. The van der Waals surface area contributed by atoms with Crippen molar-refractivity contribution in [1.29, 1.82) is 0 Å². The molecule has 216 valence electrons. The highest BCUT2D eigenvalue weighted by molar-refractivity contribution is 5.44. The molecular formula is C35H55N3O. The third-order valence-corrected chi connectivity index (χ3v) is 13.9. The Morgan fingerprint density at radius 2 is 1.85 bits per heavy atom. The SMILES string of the molecule is C[C@H]1[C@H]2Cc3ccc(O)cc3[C@]1(CCN[C@H]1C[C@H]3CCC[C@@H](C1)N3CC[C@@H]1CC[C@H]3C[C@@H]1C3(C)C)CCN2C. The molecule has 3 heterocycles. The fourth-order valence-electron chi connectivity index (χ4n) is 11.3. The number of hydrogen-bond acceptors (Lipinski definition) is 4. The van der Waals surface area contributed by atoms with Crippen molar-refractivity contribution in [3.63, 3.8) is 0 Å². The smallest absolute Gasteiger partial charge is 0.115 e. The number of nitrogens with zero attached hydrogens (tertiary/aromatic N) is 2.